The van der Waals surface area contributed by atoms with Gasteiger partial charge in [0.25, 0.3) is 0 Å². The summed E-state index contributed by atoms with van der Waals surface area (Å²) in [4.78, 5) is 4.95. The van der Waals surface area contributed by atoms with E-state index in [1.54, 1.807) is 12.1 Å². The number of rotatable bonds is 2. The van der Waals surface area contributed by atoms with Gasteiger partial charge in [-0.25, -0.2) is 9.37 Å². The van der Waals surface area contributed by atoms with Crippen LogP contribution >= 0.6 is 22.6 Å². The molecule has 0 aliphatic rings. The van der Waals surface area contributed by atoms with E-state index >= 15 is 0 Å². The van der Waals surface area contributed by atoms with Crippen LogP contribution in [0.1, 0.15) is 26.3 Å². The van der Waals surface area contributed by atoms with Gasteiger partial charge in [-0.1, -0.05) is 57.2 Å². The van der Waals surface area contributed by atoms with Crippen LogP contribution in [-0.4, -0.2) is 4.98 Å². The second-order valence-corrected chi connectivity index (χ2v) is 9.08. The lowest BCUT2D eigenvalue weighted by molar-refractivity contribution is 0.591. The minimum Gasteiger partial charge on any atom is -0.247 e. The number of aromatic nitrogens is 1. The number of pyridine rings is 1. The van der Waals surface area contributed by atoms with E-state index in [0.29, 0.717) is 0 Å². The molecule has 0 saturated carbocycles. The number of hydrogen-bond donors (Lipinski definition) is 0. The number of fused-ring (bicyclic) bond motifs is 1. The quantitative estimate of drug-likeness (QED) is 0.269. The van der Waals surface area contributed by atoms with Gasteiger partial charge in [-0.3, -0.25) is 0 Å². The summed E-state index contributed by atoms with van der Waals surface area (Å²) in [5.74, 6) is -0.238. The van der Waals surface area contributed by atoms with Crippen molar-refractivity contribution in [3.8, 4) is 22.4 Å². The van der Waals surface area contributed by atoms with Crippen LogP contribution < -0.4 is 0 Å². The highest BCUT2D eigenvalue weighted by molar-refractivity contribution is 14.1. The van der Waals surface area contributed by atoms with Crippen LogP contribution in [0.5, 0.6) is 0 Å². The van der Waals surface area contributed by atoms with E-state index in [2.05, 4.69) is 85.8 Å². The standard InChI is InChI=1S/C25H21FIN/c1-25(2,3)18-11-14-21-20(15-18)22(16-7-5-4-6-8-16)23(27)24(28-21)17-9-12-19(26)13-10-17/h4-15H,1-3H3. The minimum atomic E-state index is -0.238. The minimum absolute atomic E-state index is 0.0587. The van der Waals surface area contributed by atoms with E-state index in [0.717, 1.165) is 31.3 Å². The molecule has 1 aromatic heterocycles. The van der Waals surface area contributed by atoms with Crippen molar-refractivity contribution in [3.63, 3.8) is 0 Å². The van der Waals surface area contributed by atoms with Crippen LogP contribution in [0.4, 0.5) is 4.39 Å². The molecular weight excluding hydrogens is 460 g/mol. The largest absolute Gasteiger partial charge is 0.247 e. The van der Waals surface area contributed by atoms with Crippen molar-refractivity contribution >= 4 is 33.5 Å². The lowest BCUT2D eigenvalue weighted by Gasteiger charge is -2.21. The molecule has 4 rings (SSSR count). The lowest BCUT2D eigenvalue weighted by atomic mass is 9.85. The fourth-order valence-corrected chi connectivity index (χ4v) is 4.43. The maximum atomic E-state index is 13.4. The van der Waals surface area contributed by atoms with Gasteiger partial charge in [-0.2, -0.15) is 0 Å². The Bertz CT molecular complexity index is 1140. The van der Waals surface area contributed by atoms with Crippen molar-refractivity contribution < 1.29 is 4.39 Å². The van der Waals surface area contributed by atoms with Crippen LogP contribution in [-0.2, 0) is 5.41 Å². The summed E-state index contributed by atoms with van der Waals surface area (Å²) in [6.07, 6.45) is 0. The monoisotopic (exact) mass is 481 g/mol. The Kier molecular flexibility index (Phi) is 4.96. The van der Waals surface area contributed by atoms with E-state index < -0.39 is 0 Å². The van der Waals surface area contributed by atoms with E-state index in [1.165, 1.54) is 23.3 Å². The topological polar surface area (TPSA) is 12.9 Å². The first-order chi connectivity index (χ1) is 13.3. The SMILES string of the molecule is CC(C)(C)c1ccc2nc(-c3ccc(F)cc3)c(I)c(-c3ccccc3)c2c1. The Hall–Kier alpha value is -2.27. The zero-order valence-corrected chi connectivity index (χ0v) is 18.3. The average molecular weight is 481 g/mol. The summed E-state index contributed by atoms with van der Waals surface area (Å²) < 4.78 is 14.5. The third kappa shape index (κ3) is 3.55. The Balaban J connectivity index is 2.07. The molecular formula is C25H21FIN. The molecule has 0 radical (unpaired) electrons. The molecule has 0 spiro atoms. The van der Waals surface area contributed by atoms with Crippen molar-refractivity contribution in [2.24, 2.45) is 0 Å². The molecule has 1 nitrogen and oxygen atoms in total. The molecule has 0 atom stereocenters. The van der Waals surface area contributed by atoms with Crippen molar-refractivity contribution in [2.45, 2.75) is 26.2 Å². The lowest BCUT2D eigenvalue weighted by Crippen LogP contribution is -2.11. The third-order valence-corrected chi connectivity index (χ3v) is 6.02. The fraction of sp³-hybridized carbons (Fsp3) is 0.160. The maximum Gasteiger partial charge on any atom is 0.123 e. The van der Waals surface area contributed by atoms with Gasteiger partial charge in [0.05, 0.1) is 11.2 Å². The van der Waals surface area contributed by atoms with Gasteiger partial charge in [0.15, 0.2) is 0 Å². The van der Waals surface area contributed by atoms with Gasteiger partial charge in [-0.05, 0) is 75.5 Å². The van der Waals surface area contributed by atoms with Crippen molar-refractivity contribution in [3.05, 3.63) is 87.7 Å². The van der Waals surface area contributed by atoms with Crippen LogP contribution in [0.3, 0.4) is 0 Å². The van der Waals surface area contributed by atoms with E-state index in [1.807, 2.05) is 6.07 Å². The average Bonchev–Trinajstić information content (AvgIpc) is 2.68. The molecule has 140 valence electrons. The second kappa shape index (κ2) is 7.28. The van der Waals surface area contributed by atoms with Crippen molar-refractivity contribution in [1.29, 1.82) is 0 Å². The van der Waals surface area contributed by atoms with Crippen molar-refractivity contribution in [2.75, 3.05) is 0 Å². The van der Waals surface area contributed by atoms with Crippen LogP contribution in [0.2, 0.25) is 0 Å². The molecule has 0 amide bonds. The Morgan fingerprint density at radius 2 is 1.50 bits per heavy atom. The molecule has 4 aromatic rings. The van der Waals surface area contributed by atoms with Gasteiger partial charge in [0, 0.05) is 20.1 Å². The predicted octanol–water partition coefficient (Wildman–Crippen LogP) is 7.61. The van der Waals surface area contributed by atoms with Crippen LogP contribution in [0, 0.1) is 9.39 Å². The third-order valence-electron chi connectivity index (χ3n) is 4.97. The first-order valence-electron chi connectivity index (χ1n) is 9.30. The zero-order valence-electron chi connectivity index (χ0n) is 16.1. The number of benzene rings is 3. The van der Waals surface area contributed by atoms with Gasteiger partial charge >= 0.3 is 0 Å². The molecule has 0 saturated heterocycles. The first-order valence-corrected chi connectivity index (χ1v) is 10.4. The molecule has 0 bridgehead atoms. The highest BCUT2D eigenvalue weighted by Crippen LogP contribution is 2.39. The summed E-state index contributed by atoms with van der Waals surface area (Å²) in [5.41, 5.74) is 6.44. The van der Waals surface area contributed by atoms with E-state index in [9.17, 15) is 4.39 Å². The molecule has 1 heterocycles. The molecule has 28 heavy (non-hydrogen) atoms. The smallest absolute Gasteiger partial charge is 0.123 e. The van der Waals surface area contributed by atoms with E-state index in [4.69, 9.17) is 4.98 Å². The summed E-state index contributed by atoms with van der Waals surface area (Å²) >= 11 is 2.38. The highest BCUT2D eigenvalue weighted by Gasteiger charge is 2.19. The van der Waals surface area contributed by atoms with Gasteiger partial charge in [0.2, 0.25) is 0 Å². The summed E-state index contributed by atoms with van der Waals surface area (Å²) in [6.45, 7) is 6.67. The van der Waals surface area contributed by atoms with Gasteiger partial charge in [-0.15, -0.1) is 0 Å². The summed E-state index contributed by atoms with van der Waals surface area (Å²) in [7, 11) is 0. The second-order valence-electron chi connectivity index (χ2n) is 8.00. The van der Waals surface area contributed by atoms with Crippen LogP contribution in [0.15, 0.2) is 72.8 Å². The van der Waals surface area contributed by atoms with Crippen LogP contribution in [0.25, 0.3) is 33.3 Å². The Labute approximate surface area is 178 Å². The number of nitrogens with zero attached hydrogens (tertiary/aromatic N) is 1. The highest BCUT2D eigenvalue weighted by atomic mass is 127. The molecule has 0 N–H and O–H groups in total. The van der Waals surface area contributed by atoms with Crippen molar-refractivity contribution in [1.82, 2.24) is 4.98 Å². The molecule has 0 aliphatic carbocycles. The molecule has 0 aliphatic heterocycles. The molecule has 0 fully saturated rings. The molecule has 3 heteroatoms. The number of halogens is 2. The van der Waals surface area contributed by atoms with Gasteiger partial charge < -0.3 is 0 Å². The maximum absolute atomic E-state index is 13.4. The molecule has 3 aromatic carbocycles. The fourth-order valence-electron chi connectivity index (χ4n) is 3.39. The van der Waals surface area contributed by atoms with E-state index in [-0.39, 0.29) is 11.2 Å². The predicted molar refractivity (Wildman–Crippen MR) is 124 cm³/mol. The molecule has 0 unspecified atom stereocenters. The van der Waals surface area contributed by atoms with Gasteiger partial charge in [0.1, 0.15) is 5.82 Å². The Morgan fingerprint density at radius 3 is 2.14 bits per heavy atom. The summed E-state index contributed by atoms with van der Waals surface area (Å²) in [5, 5.41) is 1.15. The zero-order chi connectivity index (χ0) is 19.9. The summed E-state index contributed by atoms with van der Waals surface area (Å²) in [6, 6.07) is 23.5. The normalized spacial score (nSPS) is 11.8. The first kappa shape index (κ1) is 19.1. The number of hydrogen-bond acceptors (Lipinski definition) is 1. The Morgan fingerprint density at radius 1 is 0.821 bits per heavy atom.